The number of rotatable bonds is 3. The standard InChI is InChI=1S/C21H21N3O2/c1-13-5-4-6-17(9-13)24-12-16(11-19(24)25)21-22-20(23-26-21)18-10-14(2)7-8-15(18)3/h4-10,16H,11-12H2,1-3H3. The average molecular weight is 347 g/mol. The Hall–Kier alpha value is -2.95. The summed E-state index contributed by atoms with van der Waals surface area (Å²) in [4.78, 5) is 18.9. The van der Waals surface area contributed by atoms with Gasteiger partial charge in [-0.1, -0.05) is 35.0 Å². The lowest BCUT2D eigenvalue weighted by Crippen LogP contribution is -2.24. The van der Waals surface area contributed by atoms with Gasteiger partial charge in [0.25, 0.3) is 0 Å². The summed E-state index contributed by atoms with van der Waals surface area (Å²) in [6.07, 6.45) is 0.391. The Morgan fingerprint density at radius 2 is 1.88 bits per heavy atom. The Morgan fingerprint density at radius 1 is 1.08 bits per heavy atom. The van der Waals surface area contributed by atoms with E-state index in [1.165, 1.54) is 0 Å². The lowest BCUT2D eigenvalue weighted by molar-refractivity contribution is -0.117. The van der Waals surface area contributed by atoms with Crippen molar-refractivity contribution in [3.8, 4) is 11.4 Å². The van der Waals surface area contributed by atoms with E-state index < -0.39 is 0 Å². The molecule has 1 fully saturated rings. The molecule has 4 rings (SSSR count). The quantitative estimate of drug-likeness (QED) is 0.713. The van der Waals surface area contributed by atoms with Gasteiger partial charge in [-0.15, -0.1) is 0 Å². The van der Waals surface area contributed by atoms with Crippen molar-refractivity contribution < 1.29 is 9.32 Å². The van der Waals surface area contributed by atoms with Crippen molar-refractivity contribution in [1.82, 2.24) is 10.1 Å². The summed E-state index contributed by atoms with van der Waals surface area (Å²) in [5.41, 5.74) is 5.28. The molecule has 3 aromatic rings. The highest BCUT2D eigenvalue weighted by Gasteiger charge is 2.35. The number of hydrogen-bond donors (Lipinski definition) is 0. The molecule has 1 aliphatic rings. The molecule has 0 N–H and O–H groups in total. The van der Waals surface area contributed by atoms with Gasteiger partial charge in [0.1, 0.15) is 0 Å². The van der Waals surface area contributed by atoms with Gasteiger partial charge >= 0.3 is 0 Å². The largest absolute Gasteiger partial charge is 0.339 e. The molecular formula is C21H21N3O2. The maximum Gasteiger partial charge on any atom is 0.232 e. The highest BCUT2D eigenvalue weighted by Crippen LogP contribution is 2.32. The molecule has 1 atom stereocenters. The van der Waals surface area contributed by atoms with E-state index in [1.54, 1.807) is 4.90 Å². The lowest BCUT2D eigenvalue weighted by Gasteiger charge is -2.16. The Labute approximate surface area is 152 Å². The van der Waals surface area contributed by atoms with Crippen molar-refractivity contribution in [2.75, 3.05) is 11.4 Å². The number of benzene rings is 2. The molecule has 0 spiro atoms. The van der Waals surface area contributed by atoms with E-state index in [0.717, 1.165) is 27.9 Å². The van der Waals surface area contributed by atoms with Crippen LogP contribution in [0.15, 0.2) is 47.0 Å². The van der Waals surface area contributed by atoms with E-state index >= 15 is 0 Å². The molecule has 1 amide bonds. The van der Waals surface area contributed by atoms with Crippen LogP contribution in [0.25, 0.3) is 11.4 Å². The molecule has 5 heteroatoms. The summed E-state index contributed by atoms with van der Waals surface area (Å²) in [6, 6.07) is 14.2. The van der Waals surface area contributed by atoms with E-state index in [9.17, 15) is 4.79 Å². The molecule has 0 aliphatic carbocycles. The van der Waals surface area contributed by atoms with Crippen LogP contribution in [-0.4, -0.2) is 22.6 Å². The molecule has 1 unspecified atom stereocenters. The highest BCUT2D eigenvalue weighted by atomic mass is 16.5. The third-order valence-corrected chi connectivity index (χ3v) is 4.86. The van der Waals surface area contributed by atoms with Gasteiger partial charge in [-0.2, -0.15) is 4.98 Å². The summed E-state index contributed by atoms with van der Waals surface area (Å²) < 4.78 is 5.51. The third kappa shape index (κ3) is 3.01. The van der Waals surface area contributed by atoms with Crippen molar-refractivity contribution in [2.24, 2.45) is 0 Å². The molecule has 1 aromatic heterocycles. The zero-order valence-corrected chi connectivity index (χ0v) is 15.2. The number of aromatic nitrogens is 2. The summed E-state index contributed by atoms with van der Waals surface area (Å²) in [5.74, 6) is 1.13. The van der Waals surface area contributed by atoms with Crippen LogP contribution in [-0.2, 0) is 4.79 Å². The summed E-state index contributed by atoms with van der Waals surface area (Å²) in [5, 5.41) is 4.15. The molecule has 2 aromatic carbocycles. The molecule has 26 heavy (non-hydrogen) atoms. The number of carbonyl (C=O) groups excluding carboxylic acids is 1. The van der Waals surface area contributed by atoms with Crippen LogP contribution in [0.3, 0.4) is 0 Å². The molecular weight excluding hydrogens is 326 g/mol. The second-order valence-electron chi connectivity index (χ2n) is 7.02. The van der Waals surface area contributed by atoms with Gasteiger partial charge < -0.3 is 9.42 Å². The minimum atomic E-state index is -0.0747. The second kappa shape index (κ2) is 6.41. The molecule has 1 aliphatic heterocycles. The normalized spacial score (nSPS) is 17.1. The fourth-order valence-electron chi connectivity index (χ4n) is 3.41. The SMILES string of the molecule is Cc1cccc(N2CC(c3nc(-c4cc(C)ccc4C)no3)CC2=O)c1. The van der Waals surface area contributed by atoms with Crippen molar-refractivity contribution >= 4 is 11.6 Å². The van der Waals surface area contributed by atoms with Crippen molar-refractivity contribution in [1.29, 1.82) is 0 Å². The maximum absolute atomic E-state index is 12.5. The van der Waals surface area contributed by atoms with E-state index in [-0.39, 0.29) is 11.8 Å². The Balaban J connectivity index is 1.59. The monoisotopic (exact) mass is 347 g/mol. The predicted molar refractivity (Wildman–Crippen MR) is 100 cm³/mol. The highest BCUT2D eigenvalue weighted by molar-refractivity contribution is 5.96. The summed E-state index contributed by atoms with van der Waals surface area (Å²) >= 11 is 0. The summed E-state index contributed by atoms with van der Waals surface area (Å²) in [6.45, 7) is 6.66. The van der Waals surface area contributed by atoms with E-state index in [2.05, 4.69) is 28.3 Å². The van der Waals surface area contributed by atoms with Gasteiger partial charge in [0.15, 0.2) is 0 Å². The molecule has 2 heterocycles. The van der Waals surface area contributed by atoms with Crippen LogP contribution in [0.2, 0.25) is 0 Å². The predicted octanol–water partition coefficient (Wildman–Crippen LogP) is 4.18. The van der Waals surface area contributed by atoms with Crippen molar-refractivity contribution in [3.05, 3.63) is 65.0 Å². The molecule has 0 radical (unpaired) electrons. The minimum Gasteiger partial charge on any atom is -0.339 e. The van der Waals surface area contributed by atoms with Crippen molar-refractivity contribution in [3.63, 3.8) is 0 Å². The number of aryl methyl sites for hydroxylation is 3. The molecule has 0 bridgehead atoms. The number of hydrogen-bond acceptors (Lipinski definition) is 4. The van der Waals surface area contributed by atoms with Crippen LogP contribution in [0.1, 0.15) is 34.9 Å². The first-order valence-electron chi connectivity index (χ1n) is 8.79. The Kier molecular flexibility index (Phi) is 4.07. The third-order valence-electron chi connectivity index (χ3n) is 4.86. The first-order valence-corrected chi connectivity index (χ1v) is 8.79. The number of nitrogens with zero attached hydrogens (tertiary/aromatic N) is 3. The molecule has 0 saturated carbocycles. The zero-order chi connectivity index (χ0) is 18.3. The zero-order valence-electron chi connectivity index (χ0n) is 15.2. The fourth-order valence-corrected chi connectivity index (χ4v) is 3.41. The molecule has 1 saturated heterocycles. The Morgan fingerprint density at radius 3 is 2.69 bits per heavy atom. The topological polar surface area (TPSA) is 59.2 Å². The first-order chi connectivity index (χ1) is 12.5. The molecule has 5 nitrogen and oxygen atoms in total. The fraction of sp³-hybridized carbons (Fsp3) is 0.286. The van der Waals surface area contributed by atoms with E-state index in [0.29, 0.717) is 24.7 Å². The maximum atomic E-state index is 12.5. The van der Waals surface area contributed by atoms with E-state index in [1.807, 2.05) is 45.0 Å². The van der Waals surface area contributed by atoms with Crippen LogP contribution < -0.4 is 4.90 Å². The average Bonchev–Trinajstić information content (AvgIpc) is 3.24. The van der Waals surface area contributed by atoms with Gasteiger partial charge in [0.05, 0.1) is 5.92 Å². The lowest BCUT2D eigenvalue weighted by atomic mass is 10.1. The van der Waals surface area contributed by atoms with Crippen LogP contribution in [0.5, 0.6) is 0 Å². The van der Waals surface area contributed by atoms with Gasteiger partial charge in [-0.3, -0.25) is 4.79 Å². The van der Waals surface area contributed by atoms with Gasteiger partial charge in [-0.05, 0) is 50.1 Å². The summed E-state index contributed by atoms with van der Waals surface area (Å²) in [7, 11) is 0. The second-order valence-corrected chi connectivity index (χ2v) is 7.02. The minimum absolute atomic E-state index is 0.0747. The van der Waals surface area contributed by atoms with Crippen LogP contribution in [0.4, 0.5) is 5.69 Å². The van der Waals surface area contributed by atoms with Crippen LogP contribution >= 0.6 is 0 Å². The smallest absolute Gasteiger partial charge is 0.232 e. The van der Waals surface area contributed by atoms with E-state index in [4.69, 9.17) is 4.52 Å². The van der Waals surface area contributed by atoms with Crippen molar-refractivity contribution in [2.45, 2.75) is 33.1 Å². The Bertz CT molecular complexity index is 977. The number of anilines is 1. The number of carbonyl (C=O) groups is 1. The van der Waals surface area contributed by atoms with Crippen LogP contribution in [0, 0.1) is 20.8 Å². The number of amides is 1. The van der Waals surface area contributed by atoms with Gasteiger partial charge in [-0.25, -0.2) is 0 Å². The van der Waals surface area contributed by atoms with Gasteiger partial charge in [0, 0.05) is 24.2 Å². The molecule has 132 valence electrons. The van der Waals surface area contributed by atoms with Gasteiger partial charge in [0.2, 0.25) is 17.6 Å². The first kappa shape index (κ1) is 16.5.